The van der Waals surface area contributed by atoms with Crippen LogP contribution in [-0.2, 0) is 13.0 Å². The number of aliphatic hydroxyl groups excluding tert-OH is 1. The summed E-state index contributed by atoms with van der Waals surface area (Å²) in [6.07, 6.45) is 2.76. The van der Waals surface area contributed by atoms with Gasteiger partial charge in [0.1, 0.15) is 0 Å². The lowest BCUT2D eigenvalue weighted by molar-refractivity contribution is 0.0951. The first-order chi connectivity index (χ1) is 11.2. The molecule has 0 aliphatic carbocycles. The Morgan fingerprint density at radius 3 is 2.83 bits per heavy atom. The molecular formula is C19H20N2O2. The highest BCUT2D eigenvalue weighted by molar-refractivity contribution is 5.95. The molecule has 1 amide bonds. The highest BCUT2D eigenvalue weighted by Gasteiger charge is 2.10. The number of carbonyl (C=O) groups is 1. The third-order valence-electron chi connectivity index (χ3n) is 4.04. The number of benzene rings is 2. The minimum absolute atomic E-state index is 0.134. The van der Waals surface area contributed by atoms with Gasteiger partial charge in [0.25, 0.3) is 5.91 Å². The fourth-order valence-corrected chi connectivity index (χ4v) is 2.78. The van der Waals surface area contributed by atoms with Gasteiger partial charge < -0.3 is 15.4 Å². The number of aliphatic hydroxyl groups is 1. The normalized spacial score (nSPS) is 10.9. The summed E-state index contributed by atoms with van der Waals surface area (Å²) in [5.41, 5.74) is 4.71. The number of fused-ring (bicyclic) bond motifs is 1. The van der Waals surface area contributed by atoms with Crippen LogP contribution in [0.5, 0.6) is 0 Å². The molecule has 3 aromatic rings. The molecule has 0 aliphatic heterocycles. The third-order valence-corrected chi connectivity index (χ3v) is 4.04. The Labute approximate surface area is 135 Å². The Hall–Kier alpha value is -2.59. The minimum Gasteiger partial charge on any atom is -0.392 e. The number of aromatic amines is 1. The van der Waals surface area contributed by atoms with Crippen LogP contribution in [0.25, 0.3) is 10.9 Å². The van der Waals surface area contributed by atoms with Crippen molar-refractivity contribution in [1.82, 2.24) is 10.3 Å². The molecule has 4 heteroatoms. The van der Waals surface area contributed by atoms with E-state index in [9.17, 15) is 9.90 Å². The van der Waals surface area contributed by atoms with Crippen molar-refractivity contribution in [1.29, 1.82) is 0 Å². The summed E-state index contributed by atoms with van der Waals surface area (Å²) in [6, 6.07) is 13.4. The summed E-state index contributed by atoms with van der Waals surface area (Å²) in [5, 5.41) is 13.4. The van der Waals surface area contributed by atoms with Crippen LogP contribution in [0.15, 0.2) is 48.7 Å². The predicted molar refractivity (Wildman–Crippen MR) is 91.4 cm³/mol. The lowest BCUT2D eigenvalue weighted by Gasteiger charge is -2.08. The predicted octanol–water partition coefficient (Wildman–Crippen LogP) is 2.94. The zero-order chi connectivity index (χ0) is 16.2. The molecule has 1 aromatic heterocycles. The summed E-state index contributed by atoms with van der Waals surface area (Å²) < 4.78 is 0. The van der Waals surface area contributed by atoms with Gasteiger partial charge in [0.2, 0.25) is 0 Å². The molecular weight excluding hydrogens is 288 g/mol. The minimum atomic E-state index is -0.148. The second kappa shape index (κ2) is 6.67. The van der Waals surface area contributed by atoms with E-state index in [-0.39, 0.29) is 12.5 Å². The Balaban J connectivity index is 1.66. The van der Waals surface area contributed by atoms with Crippen LogP contribution in [-0.4, -0.2) is 22.5 Å². The molecule has 0 aliphatic rings. The molecule has 0 fully saturated rings. The van der Waals surface area contributed by atoms with Gasteiger partial charge >= 0.3 is 0 Å². The molecule has 0 spiro atoms. The average molecular weight is 308 g/mol. The van der Waals surface area contributed by atoms with Gasteiger partial charge in [0.15, 0.2) is 0 Å². The second-order valence-electron chi connectivity index (χ2n) is 5.68. The molecule has 118 valence electrons. The zero-order valence-corrected chi connectivity index (χ0v) is 13.1. The number of hydrogen-bond donors (Lipinski definition) is 3. The zero-order valence-electron chi connectivity index (χ0n) is 13.1. The Morgan fingerprint density at radius 1 is 1.17 bits per heavy atom. The van der Waals surface area contributed by atoms with E-state index in [0.29, 0.717) is 17.7 Å². The molecule has 0 bridgehead atoms. The van der Waals surface area contributed by atoms with Crippen LogP contribution in [0.1, 0.15) is 27.0 Å². The van der Waals surface area contributed by atoms with Gasteiger partial charge in [-0.2, -0.15) is 0 Å². The van der Waals surface area contributed by atoms with Gasteiger partial charge in [-0.3, -0.25) is 4.79 Å². The lowest BCUT2D eigenvalue weighted by Crippen LogP contribution is -2.26. The summed E-state index contributed by atoms with van der Waals surface area (Å²) in [7, 11) is 0. The largest absolute Gasteiger partial charge is 0.392 e. The maximum Gasteiger partial charge on any atom is 0.251 e. The van der Waals surface area contributed by atoms with Crippen molar-refractivity contribution in [2.24, 2.45) is 0 Å². The molecule has 4 nitrogen and oxygen atoms in total. The molecule has 3 N–H and O–H groups in total. The van der Waals surface area contributed by atoms with Crippen LogP contribution >= 0.6 is 0 Å². The van der Waals surface area contributed by atoms with E-state index in [1.807, 2.05) is 12.3 Å². The molecule has 0 unspecified atom stereocenters. The summed E-state index contributed by atoms with van der Waals surface area (Å²) in [4.78, 5) is 15.5. The molecule has 0 radical (unpaired) electrons. The quantitative estimate of drug-likeness (QED) is 0.678. The van der Waals surface area contributed by atoms with Crippen molar-refractivity contribution >= 4 is 16.8 Å². The molecule has 23 heavy (non-hydrogen) atoms. The van der Waals surface area contributed by atoms with Crippen molar-refractivity contribution in [2.45, 2.75) is 20.0 Å². The standard InChI is InChI=1S/C19H20N2O2/c1-13-6-7-18-17(10-13)14(11-21-18)8-9-20-19(23)16-5-3-2-4-15(16)12-22/h2-7,10-11,21-22H,8-9,12H2,1H3,(H,20,23). The first kappa shape index (κ1) is 15.3. The molecule has 1 heterocycles. The van der Waals surface area contributed by atoms with E-state index in [4.69, 9.17) is 0 Å². The first-order valence-electron chi connectivity index (χ1n) is 7.72. The van der Waals surface area contributed by atoms with Crippen LogP contribution in [0.3, 0.4) is 0 Å². The van der Waals surface area contributed by atoms with Gasteiger partial charge in [0, 0.05) is 29.2 Å². The highest BCUT2D eigenvalue weighted by atomic mass is 16.3. The number of H-pyrrole nitrogens is 1. The maximum atomic E-state index is 12.2. The van der Waals surface area contributed by atoms with Gasteiger partial charge in [-0.25, -0.2) is 0 Å². The lowest BCUT2D eigenvalue weighted by atomic mass is 10.1. The first-order valence-corrected chi connectivity index (χ1v) is 7.72. The summed E-state index contributed by atoms with van der Waals surface area (Å²) in [5.74, 6) is -0.148. The fraction of sp³-hybridized carbons (Fsp3) is 0.211. The Kier molecular flexibility index (Phi) is 4.44. The van der Waals surface area contributed by atoms with Gasteiger partial charge in [-0.1, -0.05) is 29.8 Å². The van der Waals surface area contributed by atoms with Crippen molar-refractivity contribution in [3.05, 3.63) is 70.9 Å². The Bertz CT molecular complexity index is 836. The molecule has 2 aromatic carbocycles. The number of aryl methyl sites for hydroxylation is 1. The van der Waals surface area contributed by atoms with Crippen molar-refractivity contribution < 1.29 is 9.90 Å². The van der Waals surface area contributed by atoms with E-state index >= 15 is 0 Å². The number of hydrogen-bond acceptors (Lipinski definition) is 2. The second-order valence-corrected chi connectivity index (χ2v) is 5.68. The summed E-state index contributed by atoms with van der Waals surface area (Å²) >= 11 is 0. The van der Waals surface area contributed by atoms with Crippen LogP contribution in [0.4, 0.5) is 0 Å². The van der Waals surface area contributed by atoms with Crippen LogP contribution in [0, 0.1) is 6.92 Å². The number of nitrogens with one attached hydrogen (secondary N) is 2. The van der Waals surface area contributed by atoms with Crippen LogP contribution in [0.2, 0.25) is 0 Å². The third kappa shape index (κ3) is 3.27. The number of rotatable bonds is 5. The molecule has 0 atom stereocenters. The fourth-order valence-electron chi connectivity index (χ4n) is 2.78. The van der Waals surface area contributed by atoms with Gasteiger partial charge in [-0.15, -0.1) is 0 Å². The monoisotopic (exact) mass is 308 g/mol. The molecule has 0 saturated heterocycles. The van der Waals surface area contributed by atoms with Crippen molar-refractivity contribution in [3.8, 4) is 0 Å². The summed E-state index contributed by atoms with van der Waals surface area (Å²) in [6.45, 7) is 2.49. The Morgan fingerprint density at radius 2 is 2.00 bits per heavy atom. The van der Waals surface area contributed by atoms with E-state index in [1.165, 1.54) is 16.5 Å². The van der Waals surface area contributed by atoms with E-state index in [0.717, 1.165) is 11.9 Å². The maximum absolute atomic E-state index is 12.2. The highest BCUT2D eigenvalue weighted by Crippen LogP contribution is 2.20. The van der Waals surface area contributed by atoms with E-state index < -0.39 is 0 Å². The topological polar surface area (TPSA) is 65.1 Å². The molecule has 0 saturated carbocycles. The smallest absolute Gasteiger partial charge is 0.251 e. The van der Waals surface area contributed by atoms with Crippen molar-refractivity contribution in [3.63, 3.8) is 0 Å². The van der Waals surface area contributed by atoms with E-state index in [2.05, 4.69) is 35.4 Å². The number of aromatic nitrogens is 1. The number of carbonyl (C=O) groups excluding carboxylic acids is 1. The average Bonchev–Trinajstić information content (AvgIpc) is 2.97. The van der Waals surface area contributed by atoms with Gasteiger partial charge in [0.05, 0.1) is 6.61 Å². The molecule has 3 rings (SSSR count). The van der Waals surface area contributed by atoms with E-state index in [1.54, 1.807) is 18.2 Å². The number of amides is 1. The van der Waals surface area contributed by atoms with Crippen molar-refractivity contribution in [2.75, 3.05) is 6.54 Å². The van der Waals surface area contributed by atoms with Crippen LogP contribution < -0.4 is 5.32 Å². The SMILES string of the molecule is Cc1ccc2[nH]cc(CCNC(=O)c3ccccc3CO)c2c1. The van der Waals surface area contributed by atoms with Gasteiger partial charge in [-0.05, 0) is 42.7 Å².